The van der Waals surface area contributed by atoms with E-state index in [-0.39, 0.29) is 11.8 Å². The molecule has 0 aromatic heterocycles. The van der Waals surface area contributed by atoms with Crippen LogP contribution in [0.25, 0.3) is 0 Å². The second-order valence-corrected chi connectivity index (χ2v) is 11.0. The molecule has 1 saturated carbocycles. The Morgan fingerprint density at radius 1 is 1.06 bits per heavy atom. The van der Waals surface area contributed by atoms with Crippen molar-refractivity contribution in [3.8, 4) is 0 Å². The highest BCUT2D eigenvalue weighted by molar-refractivity contribution is 7.89. The molecule has 2 fully saturated rings. The maximum atomic E-state index is 13.0. The van der Waals surface area contributed by atoms with Crippen LogP contribution in [0.4, 0.5) is 18.9 Å². The number of rotatable bonds is 9. The molecule has 0 unspecified atom stereocenters. The van der Waals surface area contributed by atoms with Crippen LogP contribution in [0.2, 0.25) is 0 Å². The lowest BCUT2D eigenvalue weighted by Gasteiger charge is -2.37. The van der Waals surface area contributed by atoms with Crippen LogP contribution in [-0.4, -0.2) is 57.8 Å². The summed E-state index contributed by atoms with van der Waals surface area (Å²) >= 11 is 0. The van der Waals surface area contributed by atoms with Crippen LogP contribution in [-0.2, 0) is 16.2 Å². The first-order chi connectivity index (χ1) is 15.2. The Morgan fingerprint density at radius 3 is 2.38 bits per heavy atom. The quantitative estimate of drug-likeness (QED) is 0.572. The van der Waals surface area contributed by atoms with Crippen molar-refractivity contribution in [1.29, 1.82) is 0 Å². The third kappa shape index (κ3) is 7.63. The molecule has 3 rings (SSSR count). The molecule has 1 aliphatic heterocycles. The number of piperazine rings is 1. The molecule has 0 radical (unpaired) electrons. The Hall–Kier alpha value is -1.32. The van der Waals surface area contributed by atoms with Gasteiger partial charge in [0.15, 0.2) is 0 Å². The van der Waals surface area contributed by atoms with Crippen molar-refractivity contribution < 1.29 is 21.6 Å². The molecule has 0 amide bonds. The second kappa shape index (κ2) is 11.2. The molecule has 182 valence electrons. The van der Waals surface area contributed by atoms with E-state index in [9.17, 15) is 21.6 Å². The zero-order valence-electron chi connectivity index (χ0n) is 18.9. The minimum absolute atomic E-state index is 0.0733. The van der Waals surface area contributed by atoms with Gasteiger partial charge in [0.05, 0.1) is 11.3 Å². The predicted molar refractivity (Wildman–Crippen MR) is 122 cm³/mol. The Morgan fingerprint density at radius 2 is 1.75 bits per heavy atom. The van der Waals surface area contributed by atoms with E-state index in [2.05, 4.69) is 9.62 Å². The monoisotopic (exact) mass is 475 g/mol. The first kappa shape index (κ1) is 25.3. The normalized spacial score (nSPS) is 23.4. The summed E-state index contributed by atoms with van der Waals surface area (Å²) in [6.45, 7) is 6.15. The highest BCUT2D eigenvalue weighted by Crippen LogP contribution is 2.32. The summed E-state index contributed by atoms with van der Waals surface area (Å²) in [6, 6.07) is 5.66. The molecule has 1 aromatic carbocycles. The molecule has 1 aliphatic carbocycles. The Bertz CT molecular complexity index is 816. The number of unbranched alkanes of at least 4 members (excludes halogenated alkanes) is 1. The van der Waals surface area contributed by atoms with E-state index in [0.717, 1.165) is 77.3 Å². The lowest BCUT2D eigenvalue weighted by Crippen LogP contribution is -2.47. The van der Waals surface area contributed by atoms with Crippen molar-refractivity contribution in [1.82, 2.24) is 9.62 Å². The number of anilines is 1. The summed E-state index contributed by atoms with van der Waals surface area (Å²) in [7, 11) is -3.15. The fraction of sp³-hybridized carbons (Fsp3) is 0.739. The molecule has 32 heavy (non-hydrogen) atoms. The molecule has 1 saturated heterocycles. The van der Waals surface area contributed by atoms with Gasteiger partial charge in [-0.25, -0.2) is 13.1 Å². The van der Waals surface area contributed by atoms with Crippen LogP contribution in [0.15, 0.2) is 24.3 Å². The zero-order valence-corrected chi connectivity index (χ0v) is 19.7. The third-order valence-electron chi connectivity index (χ3n) is 6.72. The van der Waals surface area contributed by atoms with Gasteiger partial charge in [0.2, 0.25) is 10.0 Å². The van der Waals surface area contributed by atoms with E-state index in [0.29, 0.717) is 18.0 Å². The van der Waals surface area contributed by atoms with Crippen LogP contribution in [0, 0.1) is 5.92 Å². The van der Waals surface area contributed by atoms with Gasteiger partial charge in [-0.3, -0.25) is 4.90 Å². The van der Waals surface area contributed by atoms with Crippen molar-refractivity contribution in [2.75, 3.05) is 43.4 Å². The zero-order chi connectivity index (χ0) is 23.2. The first-order valence-electron chi connectivity index (χ1n) is 11.8. The maximum Gasteiger partial charge on any atom is 0.416 e. The second-order valence-electron chi connectivity index (χ2n) is 9.17. The van der Waals surface area contributed by atoms with E-state index in [1.807, 2.05) is 11.8 Å². The van der Waals surface area contributed by atoms with Gasteiger partial charge >= 0.3 is 6.18 Å². The van der Waals surface area contributed by atoms with E-state index >= 15 is 0 Å². The van der Waals surface area contributed by atoms with E-state index in [1.54, 1.807) is 6.07 Å². The van der Waals surface area contributed by atoms with Crippen LogP contribution < -0.4 is 9.62 Å². The molecule has 1 N–H and O–H groups in total. The van der Waals surface area contributed by atoms with Gasteiger partial charge in [0, 0.05) is 37.9 Å². The average molecular weight is 476 g/mol. The molecule has 5 nitrogen and oxygen atoms in total. The molecule has 1 aromatic rings. The maximum absolute atomic E-state index is 13.0. The van der Waals surface area contributed by atoms with Crippen LogP contribution in [0.3, 0.4) is 0 Å². The number of nitrogens with one attached hydrogen (secondary N) is 1. The van der Waals surface area contributed by atoms with Gasteiger partial charge in [-0.15, -0.1) is 0 Å². The highest BCUT2D eigenvalue weighted by Gasteiger charge is 2.31. The van der Waals surface area contributed by atoms with Crippen molar-refractivity contribution in [3.63, 3.8) is 0 Å². The number of halogens is 3. The molecule has 9 heteroatoms. The lowest BCUT2D eigenvalue weighted by atomic mass is 9.84. The van der Waals surface area contributed by atoms with Crippen LogP contribution in [0.5, 0.6) is 0 Å². The molecule has 1 heterocycles. The Balaban J connectivity index is 1.36. The van der Waals surface area contributed by atoms with Gasteiger partial charge in [-0.05, 0) is 69.2 Å². The van der Waals surface area contributed by atoms with Gasteiger partial charge in [-0.1, -0.05) is 19.4 Å². The average Bonchev–Trinajstić information content (AvgIpc) is 2.77. The number of alkyl halides is 3. The van der Waals surface area contributed by atoms with E-state index in [1.165, 1.54) is 12.1 Å². The summed E-state index contributed by atoms with van der Waals surface area (Å²) in [6.07, 6.45) is 2.26. The Kier molecular flexibility index (Phi) is 8.86. The van der Waals surface area contributed by atoms with Gasteiger partial charge in [-0.2, -0.15) is 13.2 Å². The summed E-state index contributed by atoms with van der Waals surface area (Å²) < 4.78 is 66.0. The fourth-order valence-electron chi connectivity index (χ4n) is 4.69. The van der Waals surface area contributed by atoms with Crippen LogP contribution >= 0.6 is 0 Å². The highest BCUT2D eigenvalue weighted by atomic mass is 32.2. The van der Waals surface area contributed by atoms with Gasteiger partial charge in [0.1, 0.15) is 0 Å². The molecule has 2 aliphatic rings. The fourth-order valence-corrected chi connectivity index (χ4v) is 6.22. The standard InChI is InChI=1S/C23H36F3N3O2S/c1-2-3-17-32(30,31)27-21-9-7-19(8-10-21)11-12-28-13-15-29(16-14-28)22-6-4-5-20(18-22)23(24,25)26/h4-6,18-19,21,27H,2-3,7-17H2,1H3. The topological polar surface area (TPSA) is 52.7 Å². The van der Waals surface area contributed by atoms with Gasteiger partial charge < -0.3 is 4.90 Å². The third-order valence-corrected chi connectivity index (χ3v) is 8.24. The van der Waals surface area contributed by atoms with Crippen molar-refractivity contribution in [2.45, 2.75) is 64.1 Å². The summed E-state index contributed by atoms with van der Waals surface area (Å²) in [5.74, 6) is 0.837. The van der Waals surface area contributed by atoms with E-state index < -0.39 is 21.8 Å². The summed E-state index contributed by atoms with van der Waals surface area (Å²) in [5, 5.41) is 0. The van der Waals surface area contributed by atoms with E-state index in [4.69, 9.17) is 0 Å². The van der Waals surface area contributed by atoms with Crippen LogP contribution in [0.1, 0.15) is 57.4 Å². The molecule has 0 atom stereocenters. The minimum Gasteiger partial charge on any atom is -0.369 e. The number of nitrogens with zero attached hydrogens (tertiary/aromatic N) is 2. The van der Waals surface area contributed by atoms with Crippen molar-refractivity contribution in [3.05, 3.63) is 29.8 Å². The number of benzene rings is 1. The number of hydrogen-bond acceptors (Lipinski definition) is 4. The smallest absolute Gasteiger partial charge is 0.369 e. The SMILES string of the molecule is CCCCS(=O)(=O)NC1CCC(CCN2CCN(c3cccc(C(F)(F)F)c3)CC2)CC1. The molecule has 0 bridgehead atoms. The summed E-state index contributed by atoms with van der Waals surface area (Å²) in [4.78, 5) is 4.42. The molecular formula is C23H36F3N3O2S. The molecule has 0 spiro atoms. The first-order valence-corrected chi connectivity index (χ1v) is 13.5. The summed E-state index contributed by atoms with van der Waals surface area (Å²) in [5.41, 5.74) is 0.0415. The predicted octanol–water partition coefficient (Wildman–Crippen LogP) is 4.50. The Labute approximate surface area is 190 Å². The van der Waals surface area contributed by atoms with Gasteiger partial charge in [0.25, 0.3) is 0 Å². The minimum atomic E-state index is -4.31. The number of hydrogen-bond donors (Lipinski definition) is 1. The number of sulfonamides is 1. The van der Waals surface area contributed by atoms with Crippen molar-refractivity contribution >= 4 is 15.7 Å². The van der Waals surface area contributed by atoms with Crippen molar-refractivity contribution in [2.24, 2.45) is 5.92 Å². The molecular weight excluding hydrogens is 439 g/mol. The lowest BCUT2D eigenvalue weighted by molar-refractivity contribution is -0.137. The largest absolute Gasteiger partial charge is 0.416 e.